The number of likely N-dealkylation sites (tertiary alicyclic amines) is 1. The number of benzene rings is 1. The zero-order valence-electron chi connectivity index (χ0n) is 14.9. The predicted molar refractivity (Wildman–Crippen MR) is 94.9 cm³/mol. The number of nitrogens with zero attached hydrogens (tertiary/aromatic N) is 3. The molecular weight excluding hydrogens is 334 g/mol. The van der Waals surface area contributed by atoms with Gasteiger partial charge >= 0.3 is 5.97 Å². The van der Waals surface area contributed by atoms with Crippen molar-refractivity contribution in [3.05, 3.63) is 52.8 Å². The minimum atomic E-state index is -0.963. The Morgan fingerprint density at radius 2 is 2.00 bits per heavy atom. The third-order valence-corrected chi connectivity index (χ3v) is 4.74. The van der Waals surface area contributed by atoms with Crippen LogP contribution in [-0.2, 0) is 11.3 Å². The predicted octanol–water partition coefficient (Wildman–Crippen LogP) is 1.46. The molecule has 0 radical (unpaired) electrons. The summed E-state index contributed by atoms with van der Waals surface area (Å²) in [5, 5.41) is 23.4. The molecule has 7 nitrogen and oxygen atoms in total. The molecule has 2 atom stereocenters. The van der Waals surface area contributed by atoms with Gasteiger partial charge in [-0.2, -0.15) is 5.10 Å². The Labute approximate surface area is 151 Å². The Hall–Kier alpha value is -2.67. The van der Waals surface area contributed by atoms with Crippen LogP contribution in [0.5, 0.6) is 0 Å². The van der Waals surface area contributed by atoms with Gasteiger partial charge < -0.3 is 15.1 Å². The fourth-order valence-corrected chi connectivity index (χ4v) is 3.44. The molecule has 1 saturated heterocycles. The number of aliphatic hydroxyl groups excluding tert-OH is 1. The zero-order valence-corrected chi connectivity index (χ0v) is 14.9. The monoisotopic (exact) mass is 357 g/mol. The van der Waals surface area contributed by atoms with E-state index in [2.05, 4.69) is 5.10 Å². The van der Waals surface area contributed by atoms with E-state index in [0.717, 1.165) is 17.0 Å². The average molecular weight is 357 g/mol. The molecule has 7 heteroatoms. The molecule has 0 saturated carbocycles. The molecule has 0 unspecified atom stereocenters. The first-order valence-corrected chi connectivity index (χ1v) is 8.62. The molecule has 1 aromatic heterocycles. The number of carboxylic acid groups (broad SMARTS) is 1. The molecule has 1 aromatic carbocycles. The summed E-state index contributed by atoms with van der Waals surface area (Å²) in [7, 11) is 0. The lowest BCUT2D eigenvalue weighted by Gasteiger charge is -2.16. The number of hydrogen-bond acceptors (Lipinski definition) is 4. The minimum Gasteiger partial charge on any atom is -0.481 e. The summed E-state index contributed by atoms with van der Waals surface area (Å²) < 4.78 is 1.89. The fraction of sp³-hybridized carbons (Fsp3) is 0.421. The van der Waals surface area contributed by atoms with Crippen LogP contribution in [0.15, 0.2) is 30.3 Å². The summed E-state index contributed by atoms with van der Waals surface area (Å²) in [6.07, 6.45) is -0.934. The number of rotatable bonds is 5. The van der Waals surface area contributed by atoms with Crippen LogP contribution in [0.3, 0.4) is 0 Å². The van der Waals surface area contributed by atoms with E-state index in [-0.39, 0.29) is 25.4 Å². The van der Waals surface area contributed by atoms with Gasteiger partial charge in [0.1, 0.15) is 0 Å². The Balaban J connectivity index is 1.72. The molecule has 1 amide bonds. The van der Waals surface area contributed by atoms with Gasteiger partial charge in [0, 0.05) is 30.3 Å². The second-order valence-corrected chi connectivity index (χ2v) is 6.92. The van der Waals surface area contributed by atoms with Crippen molar-refractivity contribution in [3.8, 4) is 0 Å². The molecule has 2 heterocycles. The minimum absolute atomic E-state index is 0.136. The molecule has 26 heavy (non-hydrogen) atoms. The molecule has 3 rings (SSSR count). The zero-order chi connectivity index (χ0) is 18.8. The lowest BCUT2D eigenvalue weighted by atomic mass is 10.0. The SMILES string of the molecule is Cc1cc(C)n(Cc2cccc(C(=O)N3C[C@@H](CC(=O)O)[C@H](O)C3)c2)n1. The first kappa shape index (κ1) is 18.1. The highest BCUT2D eigenvalue weighted by atomic mass is 16.4. The van der Waals surface area contributed by atoms with E-state index in [9.17, 15) is 14.7 Å². The van der Waals surface area contributed by atoms with E-state index in [0.29, 0.717) is 12.1 Å². The van der Waals surface area contributed by atoms with Crippen molar-refractivity contribution in [3.63, 3.8) is 0 Å². The maximum absolute atomic E-state index is 12.7. The maximum atomic E-state index is 12.7. The van der Waals surface area contributed by atoms with E-state index in [4.69, 9.17) is 5.11 Å². The highest BCUT2D eigenvalue weighted by molar-refractivity contribution is 5.94. The fourth-order valence-electron chi connectivity index (χ4n) is 3.44. The Kier molecular flexibility index (Phi) is 5.08. The number of amides is 1. The number of aliphatic hydroxyl groups is 1. The smallest absolute Gasteiger partial charge is 0.303 e. The number of aromatic nitrogens is 2. The normalized spacial score (nSPS) is 19.7. The molecule has 0 spiro atoms. The number of carbonyl (C=O) groups is 2. The molecule has 1 aliphatic heterocycles. The summed E-state index contributed by atoms with van der Waals surface area (Å²) in [5.74, 6) is -1.57. The molecular formula is C19H23N3O4. The molecule has 2 aromatic rings. The van der Waals surface area contributed by atoms with Gasteiger partial charge in [-0.15, -0.1) is 0 Å². The Morgan fingerprint density at radius 1 is 1.23 bits per heavy atom. The van der Waals surface area contributed by atoms with Gasteiger partial charge in [-0.05, 0) is 37.6 Å². The van der Waals surface area contributed by atoms with Gasteiger partial charge in [-0.25, -0.2) is 0 Å². The molecule has 0 bridgehead atoms. The van der Waals surface area contributed by atoms with Crippen molar-refractivity contribution < 1.29 is 19.8 Å². The van der Waals surface area contributed by atoms with Gasteiger partial charge in [0.15, 0.2) is 0 Å². The Bertz CT molecular complexity index is 830. The van der Waals surface area contributed by atoms with Crippen molar-refractivity contribution in [1.82, 2.24) is 14.7 Å². The van der Waals surface area contributed by atoms with Crippen molar-refractivity contribution in [1.29, 1.82) is 0 Å². The number of aryl methyl sites for hydroxylation is 2. The van der Waals surface area contributed by atoms with Gasteiger partial charge in [0.25, 0.3) is 5.91 Å². The topological polar surface area (TPSA) is 95.7 Å². The molecule has 0 aliphatic carbocycles. The van der Waals surface area contributed by atoms with Gasteiger partial charge in [0.05, 0.1) is 24.8 Å². The molecule has 1 fully saturated rings. The largest absolute Gasteiger partial charge is 0.481 e. The summed E-state index contributed by atoms with van der Waals surface area (Å²) in [5.41, 5.74) is 3.50. The number of hydrogen-bond donors (Lipinski definition) is 2. The van der Waals surface area contributed by atoms with E-state index in [1.807, 2.05) is 42.8 Å². The summed E-state index contributed by atoms with van der Waals surface area (Å²) >= 11 is 0. The lowest BCUT2D eigenvalue weighted by Crippen LogP contribution is -2.29. The van der Waals surface area contributed by atoms with Crippen LogP contribution in [0.4, 0.5) is 0 Å². The van der Waals surface area contributed by atoms with Gasteiger partial charge in [-0.3, -0.25) is 14.3 Å². The number of aliphatic carboxylic acids is 1. The van der Waals surface area contributed by atoms with E-state index < -0.39 is 18.0 Å². The van der Waals surface area contributed by atoms with Crippen molar-refractivity contribution in [2.45, 2.75) is 32.9 Å². The maximum Gasteiger partial charge on any atom is 0.303 e. The van der Waals surface area contributed by atoms with Crippen molar-refractivity contribution in [2.24, 2.45) is 5.92 Å². The van der Waals surface area contributed by atoms with Crippen molar-refractivity contribution >= 4 is 11.9 Å². The van der Waals surface area contributed by atoms with Crippen LogP contribution in [0.2, 0.25) is 0 Å². The van der Waals surface area contributed by atoms with Crippen LogP contribution in [0.25, 0.3) is 0 Å². The second kappa shape index (κ2) is 7.29. The third kappa shape index (κ3) is 3.94. The van der Waals surface area contributed by atoms with E-state index >= 15 is 0 Å². The van der Waals surface area contributed by atoms with Crippen LogP contribution in [0.1, 0.15) is 33.7 Å². The standard InChI is InChI=1S/C19H23N3O4/c1-12-6-13(2)22(20-12)9-14-4-3-5-15(7-14)19(26)21-10-16(8-18(24)25)17(23)11-21/h3-7,16-17,23H,8-11H2,1-2H3,(H,24,25)/t16-,17-/m1/s1. The molecule has 1 aliphatic rings. The molecule has 138 valence electrons. The van der Waals surface area contributed by atoms with Gasteiger partial charge in [-0.1, -0.05) is 12.1 Å². The summed E-state index contributed by atoms with van der Waals surface area (Å²) in [6.45, 7) is 4.93. The highest BCUT2D eigenvalue weighted by Gasteiger charge is 2.35. The van der Waals surface area contributed by atoms with Crippen LogP contribution in [0, 0.1) is 19.8 Å². The van der Waals surface area contributed by atoms with E-state index in [1.54, 1.807) is 6.07 Å². The quantitative estimate of drug-likeness (QED) is 0.845. The second-order valence-electron chi connectivity index (χ2n) is 6.92. The van der Waals surface area contributed by atoms with Crippen LogP contribution in [-0.4, -0.2) is 56.0 Å². The van der Waals surface area contributed by atoms with Crippen LogP contribution >= 0.6 is 0 Å². The lowest BCUT2D eigenvalue weighted by molar-refractivity contribution is -0.138. The summed E-state index contributed by atoms with van der Waals surface area (Å²) in [4.78, 5) is 25.1. The van der Waals surface area contributed by atoms with E-state index in [1.165, 1.54) is 4.90 Å². The average Bonchev–Trinajstić information content (AvgIpc) is 3.08. The van der Waals surface area contributed by atoms with Crippen molar-refractivity contribution in [2.75, 3.05) is 13.1 Å². The number of carbonyl (C=O) groups excluding carboxylic acids is 1. The Morgan fingerprint density at radius 3 is 2.65 bits per heavy atom. The van der Waals surface area contributed by atoms with Gasteiger partial charge in [0.2, 0.25) is 0 Å². The first-order valence-electron chi connectivity index (χ1n) is 8.62. The number of β-amino-alcohol motifs (C(OH)–C–C–N with tert-alkyl or cyclic N) is 1. The molecule has 2 N–H and O–H groups in total. The van der Waals surface area contributed by atoms with Crippen LogP contribution < -0.4 is 0 Å². The first-order chi connectivity index (χ1) is 12.3. The summed E-state index contributed by atoms with van der Waals surface area (Å²) in [6, 6.07) is 9.34. The number of carboxylic acids is 1. The highest BCUT2D eigenvalue weighted by Crippen LogP contribution is 2.22. The third-order valence-electron chi connectivity index (χ3n) is 4.74.